The fourth-order valence-electron chi connectivity index (χ4n) is 2.36. The summed E-state index contributed by atoms with van der Waals surface area (Å²) in [5, 5.41) is 8.56. The molecule has 0 aliphatic carbocycles. The monoisotopic (exact) mass is 334 g/mol. The van der Waals surface area contributed by atoms with Gasteiger partial charge in [-0.05, 0) is 12.1 Å². The molecule has 1 aliphatic rings. The molecule has 1 fully saturated rings. The normalized spacial score (nSPS) is 17.1. The van der Waals surface area contributed by atoms with E-state index in [0.717, 1.165) is 6.54 Å². The number of carbonyl (C=O) groups excluding carboxylic acids is 3. The highest BCUT2D eigenvalue weighted by Gasteiger charge is 2.18. The topological polar surface area (TPSA) is 123 Å². The highest BCUT2D eigenvalue weighted by Crippen LogP contribution is 2.15. The second-order valence-electron chi connectivity index (χ2n) is 5.50. The van der Waals surface area contributed by atoms with Crippen LogP contribution in [0.3, 0.4) is 0 Å². The van der Waals surface area contributed by atoms with Gasteiger partial charge in [0.25, 0.3) is 5.91 Å². The van der Waals surface area contributed by atoms with Gasteiger partial charge in [0, 0.05) is 32.0 Å². The Morgan fingerprint density at radius 2 is 2.08 bits per heavy atom. The molecule has 1 aromatic rings. The van der Waals surface area contributed by atoms with E-state index in [0.29, 0.717) is 24.5 Å². The van der Waals surface area contributed by atoms with Crippen molar-refractivity contribution in [2.24, 2.45) is 5.73 Å². The smallest absolute Gasteiger partial charge is 0.253 e. The fraction of sp³-hybridized carbons (Fsp3) is 0.438. The number of carbonyl (C=O) groups is 3. The average Bonchev–Trinajstić information content (AvgIpc) is 2.55. The predicted octanol–water partition coefficient (Wildman–Crippen LogP) is -0.391. The van der Waals surface area contributed by atoms with Gasteiger partial charge >= 0.3 is 0 Å². The van der Waals surface area contributed by atoms with Crippen LogP contribution in [0.25, 0.3) is 0 Å². The lowest BCUT2D eigenvalue weighted by molar-refractivity contribution is -0.118. The maximum absolute atomic E-state index is 12.2. The Morgan fingerprint density at radius 3 is 2.79 bits per heavy atom. The molecular formula is C16H22N4O4. The first-order chi connectivity index (χ1) is 11.6. The van der Waals surface area contributed by atoms with Gasteiger partial charge in [0.15, 0.2) is 0 Å². The molecule has 1 aliphatic heterocycles. The van der Waals surface area contributed by atoms with Crippen molar-refractivity contribution in [2.45, 2.75) is 18.9 Å². The van der Waals surface area contributed by atoms with Crippen LogP contribution in [0.5, 0.6) is 0 Å². The number of nitrogens with one attached hydrogen (secondary N) is 3. The molecule has 130 valence electrons. The minimum Gasteiger partial charge on any atom is -0.378 e. The van der Waals surface area contributed by atoms with E-state index in [4.69, 9.17) is 10.5 Å². The molecule has 5 N–H and O–H groups in total. The zero-order valence-electron chi connectivity index (χ0n) is 13.3. The van der Waals surface area contributed by atoms with E-state index < -0.39 is 5.91 Å². The first kappa shape index (κ1) is 17.9. The van der Waals surface area contributed by atoms with Gasteiger partial charge in [0.2, 0.25) is 11.8 Å². The molecule has 1 aromatic carbocycles. The van der Waals surface area contributed by atoms with E-state index >= 15 is 0 Å². The molecule has 0 saturated carbocycles. The van der Waals surface area contributed by atoms with Crippen molar-refractivity contribution in [3.05, 3.63) is 29.8 Å². The molecule has 24 heavy (non-hydrogen) atoms. The Labute approximate surface area is 140 Å². The van der Waals surface area contributed by atoms with Crippen molar-refractivity contribution in [2.75, 3.05) is 31.6 Å². The number of morpholine rings is 1. The van der Waals surface area contributed by atoms with Crippen molar-refractivity contribution in [3.63, 3.8) is 0 Å². The summed E-state index contributed by atoms with van der Waals surface area (Å²) >= 11 is 0. The number of rotatable bonds is 7. The maximum Gasteiger partial charge on any atom is 0.253 e. The lowest BCUT2D eigenvalue weighted by Crippen LogP contribution is -2.43. The minimum atomic E-state index is -0.487. The zero-order chi connectivity index (χ0) is 17.4. The molecule has 0 aromatic heterocycles. The van der Waals surface area contributed by atoms with Crippen molar-refractivity contribution < 1.29 is 19.1 Å². The summed E-state index contributed by atoms with van der Waals surface area (Å²) in [4.78, 5) is 35.0. The molecule has 1 saturated heterocycles. The number of nitrogens with two attached hydrogens (primary N) is 1. The molecule has 2 rings (SSSR count). The van der Waals surface area contributed by atoms with Crippen molar-refractivity contribution in [1.29, 1.82) is 0 Å². The standard InChI is InChI=1S/C16H22N4O4/c17-14(21)5-6-19-16(23)12-3-1-2-4-13(12)20-15(22)9-11-10-24-8-7-18-11/h1-4,11,18H,5-10H2,(H2,17,21)(H,19,23)(H,20,22). The first-order valence-electron chi connectivity index (χ1n) is 7.83. The van der Waals surface area contributed by atoms with Gasteiger partial charge in [-0.2, -0.15) is 0 Å². The van der Waals surface area contributed by atoms with Gasteiger partial charge < -0.3 is 26.4 Å². The summed E-state index contributed by atoms with van der Waals surface area (Å²) in [6.07, 6.45) is 0.325. The molecule has 8 nitrogen and oxygen atoms in total. The number of primary amides is 1. The quantitative estimate of drug-likeness (QED) is 0.541. The third-order valence-corrected chi connectivity index (χ3v) is 3.53. The third-order valence-electron chi connectivity index (χ3n) is 3.53. The number of benzene rings is 1. The predicted molar refractivity (Wildman–Crippen MR) is 88.4 cm³/mol. The Kier molecular flexibility index (Phi) is 6.71. The Bertz CT molecular complexity index is 599. The first-order valence-corrected chi connectivity index (χ1v) is 7.83. The van der Waals surface area contributed by atoms with Crippen LogP contribution in [-0.4, -0.2) is 50.1 Å². The fourth-order valence-corrected chi connectivity index (χ4v) is 2.36. The summed E-state index contributed by atoms with van der Waals surface area (Å²) in [7, 11) is 0. The number of hydrogen-bond donors (Lipinski definition) is 4. The largest absolute Gasteiger partial charge is 0.378 e. The van der Waals surface area contributed by atoms with Crippen LogP contribution in [0.15, 0.2) is 24.3 Å². The highest BCUT2D eigenvalue weighted by molar-refractivity contribution is 6.03. The molecule has 1 heterocycles. The number of ether oxygens (including phenoxy) is 1. The lowest BCUT2D eigenvalue weighted by atomic mass is 10.1. The Hall–Kier alpha value is -2.45. The van der Waals surface area contributed by atoms with E-state index in [1.165, 1.54) is 0 Å². The highest BCUT2D eigenvalue weighted by atomic mass is 16.5. The lowest BCUT2D eigenvalue weighted by Gasteiger charge is -2.23. The molecule has 1 atom stereocenters. The number of anilines is 1. The summed E-state index contributed by atoms with van der Waals surface area (Å²) in [5.41, 5.74) is 5.80. The van der Waals surface area contributed by atoms with Gasteiger partial charge in [-0.15, -0.1) is 0 Å². The van der Waals surface area contributed by atoms with Crippen LogP contribution < -0.4 is 21.7 Å². The van der Waals surface area contributed by atoms with Crippen LogP contribution in [0.4, 0.5) is 5.69 Å². The minimum absolute atomic E-state index is 0.0321. The number of amides is 3. The van der Waals surface area contributed by atoms with Crippen molar-refractivity contribution >= 4 is 23.4 Å². The summed E-state index contributed by atoms with van der Waals surface area (Å²) in [6, 6.07) is 6.67. The van der Waals surface area contributed by atoms with Crippen LogP contribution in [0, 0.1) is 0 Å². The number of hydrogen-bond acceptors (Lipinski definition) is 5. The van der Waals surface area contributed by atoms with E-state index in [9.17, 15) is 14.4 Å². The van der Waals surface area contributed by atoms with Gasteiger partial charge in [-0.1, -0.05) is 12.1 Å². The Balaban J connectivity index is 1.93. The molecule has 0 spiro atoms. The molecule has 0 bridgehead atoms. The van der Waals surface area contributed by atoms with Crippen molar-refractivity contribution in [3.8, 4) is 0 Å². The second-order valence-corrected chi connectivity index (χ2v) is 5.50. The van der Waals surface area contributed by atoms with E-state index in [1.54, 1.807) is 24.3 Å². The van der Waals surface area contributed by atoms with Crippen LogP contribution in [0.2, 0.25) is 0 Å². The van der Waals surface area contributed by atoms with Crippen LogP contribution >= 0.6 is 0 Å². The van der Waals surface area contributed by atoms with Gasteiger partial charge in [-0.3, -0.25) is 14.4 Å². The van der Waals surface area contributed by atoms with Crippen molar-refractivity contribution in [1.82, 2.24) is 10.6 Å². The van der Waals surface area contributed by atoms with E-state index in [-0.39, 0.29) is 37.2 Å². The summed E-state index contributed by atoms with van der Waals surface area (Å²) in [6.45, 7) is 2.01. The van der Waals surface area contributed by atoms with Gasteiger partial charge in [0.1, 0.15) is 0 Å². The second kappa shape index (κ2) is 8.99. The third kappa shape index (κ3) is 5.64. The molecule has 1 unspecified atom stereocenters. The summed E-state index contributed by atoms with van der Waals surface area (Å²) < 4.78 is 5.31. The maximum atomic E-state index is 12.2. The van der Waals surface area contributed by atoms with Crippen LogP contribution in [-0.2, 0) is 14.3 Å². The molecule has 0 radical (unpaired) electrons. The van der Waals surface area contributed by atoms with E-state index in [1.807, 2.05) is 0 Å². The van der Waals surface area contributed by atoms with Crippen LogP contribution in [0.1, 0.15) is 23.2 Å². The van der Waals surface area contributed by atoms with E-state index in [2.05, 4.69) is 16.0 Å². The Morgan fingerprint density at radius 1 is 1.29 bits per heavy atom. The zero-order valence-corrected chi connectivity index (χ0v) is 13.3. The average molecular weight is 334 g/mol. The number of para-hydroxylation sites is 1. The molecule has 8 heteroatoms. The summed E-state index contributed by atoms with van der Waals surface area (Å²) in [5.74, 6) is -1.05. The van der Waals surface area contributed by atoms with Gasteiger partial charge in [0.05, 0.1) is 24.5 Å². The molecular weight excluding hydrogens is 312 g/mol. The van der Waals surface area contributed by atoms with Gasteiger partial charge in [-0.25, -0.2) is 0 Å². The molecule has 3 amide bonds. The SMILES string of the molecule is NC(=O)CCNC(=O)c1ccccc1NC(=O)CC1COCCN1.